The minimum absolute atomic E-state index is 0.493. The largest absolute Gasteiger partial charge is 0.340 e. The smallest absolute Gasteiger partial charge is 0.167 e. The van der Waals surface area contributed by atoms with Crippen LogP contribution in [0.25, 0.3) is 0 Å². The highest BCUT2D eigenvalue weighted by Crippen LogP contribution is 2.13. The van der Waals surface area contributed by atoms with Crippen LogP contribution in [0.4, 0.5) is 0 Å². The monoisotopic (exact) mass is 220 g/mol. The van der Waals surface area contributed by atoms with Gasteiger partial charge in [0.25, 0.3) is 0 Å². The van der Waals surface area contributed by atoms with Crippen molar-refractivity contribution in [3.63, 3.8) is 0 Å². The van der Waals surface area contributed by atoms with Gasteiger partial charge in [-0.3, -0.25) is 4.79 Å². The molecular formula is C11H9ClN2O. The Morgan fingerprint density at radius 3 is 3.00 bits per heavy atom. The van der Waals surface area contributed by atoms with E-state index in [1.165, 1.54) is 6.20 Å². The van der Waals surface area contributed by atoms with Crippen LogP contribution in [0.2, 0.25) is 5.02 Å². The quantitative estimate of drug-likeness (QED) is 0.808. The fourth-order valence-corrected chi connectivity index (χ4v) is 1.58. The Hall–Kier alpha value is -1.61. The predicted molar refractivity (Wildman–Crippen MR) is 58.2 cm³/mol. The number of nitrogens with zero attached hydrogens (tertiary/aromatic N) is 1. The van der Waals surface area contributed by atoms with Crippen LogP contribution < -0.4 is 0 Å². The van der Waals surface area contributed by atoms with E-state index in [2.05, 4.69) is 9.97 Å². The molecule has 0 atom stereocenters. The number of aromatic nitrogens is 2. The molecule has 0 fully saturated rings. The van der Waals surface area contributed by atoms with E-state index in [4.69, 9.17) is 11.6 Å². The SMILES string of the molecule is O=Cc1cnc(Cc2cccc(Cl)c2)[nH]1. The predicted octanol–water partition coefficient (Wildman–Crippen LogP) is 2.47. The fourth-order valence-electron chi connectivity index (χ4n) is 1.37. The third-order valence-electron chi connectivity index (χ3n) is 2.04. The third kappa shape index (κ3) is 2.44. The number of rotatable bonds is 3. The molecule has 1 heterocycles. The molecule has 0 amide bonds. The van der Waals surface area contributed by atoms with Gasteiger partial charge in [-0.2, -0.15) is 0 Å². The molecule has 1 aromatic carbocycles. The molecule has 76 valence electrons. The summed E-state index contributed by atoms with van der Waals surface area (Å²) in [5.41, 5.74) is 1.56. The van der Waals surface area contributed by atoms with Crippen LogP contribution >= 0.6 is 11.6 Å². The minimum atomic E-state index is 0.493. The van der Waals surface area contributed by atoms with Gasteiger partial charge in [0.2, 0.25) is 0 Å². The molecule has 0 unspecified atom stereocenters. The molecule has 0 aliphatic heterocycles. The summed E-state index contributed by atoms with van der Waals surface area (Å²) in [5.74, 6) is 0.763. The summed E-state index contributed by atoms with van der Waals surface area (Å²) in [6.45, 7) is 0. The van der Waals surface area contributed by atoms with Gasteiger partial charge in [0, 0.05) is 11.4 Å². The first-order valence-corrected chi connectivity index (χ1v) is 4.89. The van der Waals surface area contributed by atoms with Gasteiger partial charge in [0.05, 0.1) is 11.9 Å². The summed E-state index contributed by atoms with van der Waals surface area (Å²) in [4.78, 5) is 17.4. The number of nitrogens with one attached hydrogen (secondary N) is 1. The van der Waals surface area contributed by atoms with Crippen molar-refractivity contribution in [3.8, 4) is 0 Å². The van der Waals surface area contributed by atoms with Crippen LogP contribution in [0, 0.1) is 0 Å². The number of carbonyl (C=O) groups is 1. The van der Waals surface area contributed by atoms with Crippen molar-refractivity contribution in [3.05, 3.63) is 52.6 Å². The molecule has 0 radical (unpaired) electrons. The minimum Gasteiger partial charge on any atom is -0.340 e. The van der Waals surface area contributed by atoms with Gasteiger partial charge in [-0.05, 0) is 17.7 Å². The van der Waals surface area contributed by atoms with E-state index in [9.17, 15) is 4.79 Å². The van der Waals surface area contributed by atoms with E-state index in [1.807, 2.05) is 24.3 Å². The molecular weight excluding hydrogens is 212 g/mol. The topological polar surface area (TPSA) is 45.8 Å². The standard InChI is InChI=1S/C11H9ClN2O/c12-9-3-1-2-8(4-9)5-11-13-6-10(7-15)14-11/h1-4,6-7H,5H2,(H,13,14). The molecule has 2 aromatic rings. The lowest BCUT2D eigenvalue weighted by molar-refractivity contribution is 0.111. The second-order valence-electron chi connectivity index (χ2n) is 3.21. The maximum absolute atomic E-state index is 10.4. The lowest BCUT2D eigenvalue weighted by atomic mass is 10.1. The fraction of sp³-hybridized carbons (Fsp3) is 0.0909. The first kappa shape index (κ1) is 9.93. The van der Waals surface area contributed by atoms with E-state index in [1.54, 1.807) is 0 Å². The van der Waals surface area contributed by atoms with Crippen LogP contribution in [-0.2, 0) is 6.42 Å². The molecule has 0 saturated carbocycles. The lowest BCUT2D eigenvalue weighted by Gasteiger charge is -1.98. The molecule has 15 heavy (non-hydrogen) atoms. The van der Waals surface area contributed by atoms with Crippen molar-refractivity contribution in [1.82, 2.24) is 9.97 Å². The van der Waals surface area contributed by atoms with E-state index < -0.39 is 0 Å². The summed E-state index contributed by atoms with van der Waals surface area (Å²) in [6, 6.07) is 7.56. The third-order valence-corrected chi connectivity index (χ3v) is 2.27. The number of aromatic amines is 1. The number of halogens is 1. The van der Waals surface area contributed by atoms with Crippen molar-refractivity contribution in [1.29, 1.82) is 0 Å². The molecule has 1 N–H and O–H groups in total. The Kier molecular flexibility index (Phi) is 2.83. The highest BCUT2D eigenvalue weighted by molar-refractivity contribution is 6.30. The second kappa shape index (κ2) is 4.28. The zero-order valence-corrected chi connectivity index (χ0v) is 8.66. The van der Waals surface area contributed by atoms with Crippen LogP contribution in [-0.4, -0.2) is 16.3 Å². The summed E-state index contributed by atoms with van der Waals surface area (Å²) < 4.78 is 0. The molecule has 0 aliphatic carbocycles. The van der Waals surface area contributed by atoms with Gasteiger partial charge >= 0.3 is 0 Å². The summed E-state index contributed by atoms with van der Waals surface area (Å²) in [6.07, 6.45) is 2.91. The maximum atomic E-state index is 10.4. The lowest BCUT2D eigenvalue weighted by Crippen LogP contribution is -1.90. The number of hydrogen-bond donors (Lipinski definition) is 1. The van der Waals surface area contributed by atoms with Gasteiger partial charge in [-0.1, -0.05) is 23.7 Å². The summed E-state index contributed by atoms with van der Waals surface area (Å²) in [5, 5.41) is 0.703. The molecule has 0 aliphatic rings. The molecule has 0 bridgehead atoms. The van der Waals surface area contributed by atoms with Crippen molar-refractivity contribution in [2.75, 3.05) is 0 Å². The Morgan fingerprint density at radius 2 is 2.33 bits per heavy atom. The summed E-state index contributed by atoms with van der Waals surface area (Å²) in [7, 11) is 0. The zero-order valence-electron chi connectivity index (χ0n) is 7.90. The molecule has 0 spiro atoms. The van der Waals surface area contributed by atoms with Gasteiger partial charge in [-0.25, -0.2) is 4.98 Å². The van der Waals surface area contributed by atoms with Gasteiger partial charge < -0.3 is 4.98 Å². The van der Waals surface area contributed by atoms with Crippen LogP contribution in [0.1, 0.15) is 21.9 Å². The Balaban J connectivity index is 2.18. The average molecular weight is 221 g/mol. The number of benzene rings is 1. The maximum Gasteiger partial charge on any atom is 0.167 e. The Bertz CT molecular complexity index is 479. The second-order valence-corrected chi connectivity index (χ2v) is 3.65. The van der Waals surface area contributed by atoms with Crippen LogP contribution in [0.15, 0.2) is 30.5 Å². The molecule has 4 heteroatoms. The highest BCUT2D eigenvalue weighted by Gasteiger charge is 2.01. The van der Waals surface area contributed by atoms with Gasteiger partial charge in [0.15, 0.2) is 6.29 Å². The molecule has 1 aromatic heterocycles. The number of aldehydes is 1. The number of imidazole rings is 1. The first-order valence-electron chi connectivity index (χ1n) is 4.51. The van der Waals surface area contributed by atoms with Crippen molar-refractivity contribution in [2.45, 2.75) is 6.42 Å². The number of H-pyrrole nitrogens is 1. The van der Waals surface area contributed by atoms with Crippen molar-refractivity contribution < 1.29 is 4.79 Å². The number of carbonyl (C=O) groups excluding carboxylic acids is 1. The van der Waals surface area contributed by atoms with E-state index in [0.29, 0.717) is 17.1 Å². The van der Waals surface area contributed by atoms with Gasteiger partial charge in [0.1, 0.15) is 5.82 Å². The molecule has 2 rings (SSSR count). The Morgan fingerprint density at radius 1 is 1.47 bits per heavy atom. The molecule has 3 nitrogen and oxygen atoms in total. The Labute approximate surface area is 92.1 Å². The van der Waals surface area contributed by atoms with Crippen molar-refractivity contribution in [2.24, 2.45) is 0 Å². The van der Waals surface area contributed by atoms with Crippen LogP contribution in [0.5, 0.6) is 0 Å². The van der Waals surface area contributed by atoms with E-state index in [-0.39, 0.29) is 0 Å². The van der Waals surface area contributed by atoms with E-state index in [0.717, 1.165) is 17.7 Å². The van der Waals surface area contributed by atoms with E-state index >= 15 is 0 Å². The summed E-state index contributed by atoms with van der Waals surface area (Å²) >= 11 is 5.86. The van der Waals surface area contributed by atoms with Gasteiger partial charge in [-0.15, -0.1) is 0 Å². The highest BCUT2D eigenvalue weighted by atomic mass is 35.5. The molecule has 0 saturated heterocycles. The zero-order chi connectivity index (χ0) is 10.7. The normalized spacial score (nSPS) is 10.2. The van der Waals surface area contributed by atoms with Crippen LogP contribution in [0.3, 0.4) is 0 Å². The number of hydrogen-bond acceptors (Lipinski definition) is 2. The van der Waals surface area contributed by atoms with Crippen molar-refractivity contribution >= 4 is 17.9 Å². The first-order chi connectivity index (χ1) is 7.28. The average Bonchev–Trinajstić information content (AvgIpc) is 2.65.